The van der Waals surface area contributed by atoms with Crippen molar-refractivity contribution in [3.8, 4) is 0 Å². The van der Waals surface area contributed by atoms with Crippen molar-refractivity contribution in [2.45, 2.75) is 52.4 Å². The van der Waals surface area contributed by atoms with E-state index in [0.29, 0.717) is 18.5 Å². The van der Waals surface area contributed by atoms with E-state index in [1.54, 1.807) is 4.90 Å². The number of likely N-dealkylation sites (tertiary alicyclic amines) is 1. The van der Waals surface area contributed by atoms with Crippen LogP contribution in [-0.2, 0) is 22.4 Å². The Morgan fingerprint density at radius 1 is 1.15 bits per heavy atom. The molecule has 1 heterocycles. The molecule has 1 aromatic rings. The lowest BCUT2D eigenvalue weighted by Crippen LogP contribution is -2.40. The number of carboxylic acids is 1. The van der Waals surface area contributed by atoms with Gasteiger partial charge in [-0.2, -0.15) is 0 Å². The lowest BCUT2D eigenvalue weighted by atomic mass is 9.76. The zero-order valence-electron chi connectivity index (χ0n) is 15.6. The highest BCUT2D eigenvalue weighted by atomic mass is 16.4. The highest BCUT2D eigenvalue weighted by Gasteiger charge is 2.48. The van der Waals surface area contributed by atoms with Crippen molar-refractivity contribution < 1.29 is 19.5 Å². The molecule has 3 rings (SSSR count). The summed E-state index contributed by atoms with van der Waals surface area (Å²) < 4.78 is 0. The number of rotatable bonds is 6. The molecule has 1 N–H and O–H groups in total. The molecule has 0 spiro atoms. The minimum Gasteiger partial charge on any atom is -0.481 e. The Morgan fingerprint density at radius 2 is 1.88 bits per heavy atom. The standard InChI is InChI=1S/C21H27NO4/c1-14(2)21(20(25)26)10-11-22(13-21)19(24)9-8-18(23)17-7-6-15-4-3-5-16(15)12-17/h6-7,12,14H,3-5,8-11,13H2,1-2H3,(H,25,26). The Hall–Kier alpha value is -2.17. The van der Waals surface area contributed by atoms with E-state index in [4.69, 9.17) is 0 Å². The van der Waals surface area contributed by atoms with Gasteiger partial charge in [-0.1, -0.05) is 26.0 Å². The van der Waals surface area contributed by atoms with E-state index in [0.717, 1.165) is 19.3 Å². The lowest BCUT2D eigenvalue weighted by Gasteiger charge is -2.28. The van der Waals surface area contributed by atoms with Gasteiger partial charge >= 0.3 is 5.97 Å². The van der Waals surface area contributed by atoms with Gasteiger partial charge in [-0.05, 0) is 48.8 Å². The summed E-state index contributed by atoms with van der Waals surface area (Å²) >= 11 is 0. The molecule has 0 saturated carbocycles. The van der Waals surface area contributed by atoms with Crippen LogP contribution in [0.3, 0.4) is 0 Å². The molecule has 1 atom stereocenters. The van der Waals surface area contributed by atoms with Crippen molar-refractivity contribution in [3.63, 3.8) is 0 Å². The van der Waals surface area contributed by atoms with E-state index in [-0.39, 0.29) is 37.0 Å². The summed E-state index contributed by atoms with van der Waals surface area (Å²) in [5, 5.41) is 9.59. The number of ketones is 1. The second kappa shape index (κ2) is 7.22. The third-order valence-electron chi connectivity index (χ3n) is 6.17. The second-order valence-corrected chi connectivity index (χ2v) is 7.94. The predicted octanol–water partition coefficient (Wildman–Crippen LogP) is 3.10. The molecule has 26 heavy (non-hydrogen) atoms. The van der Waals surface area contributed by atoms with Crippen molar-refractivity contribution in [2.75, 3.05) is 13.1 Å². The van der Waals surface area contributed by atoms with Gasteiger partial charge in [-0.15, -0.1) is 0 Å². The van der Waals surface area contributed by atoms with Crippen LogP contribution >= 0.6 is 0 Å². The SMILES string of the molecule is CC(C)C1(C(=O)O)CCN(C(=O)CCC(=O)c2ccc3c(c2)CCC3)C1. The fraction of sp³-hybridized carbons (Fsp3) is 0.571. The molecular formula is C21H27NO4. The first-order chi connectivity index (χ1) is 12.3. The maximum atomic E-state index is 12.5. The van der Waals surface area contributed by atoms with Gasteiger partial charge < -0.3 is 10.0 Å². The van der Waals surface area contributed by atoms with Gasteiger partial charge in [0.25, 0.3) is 0 Å². The molecule has 140 valence electrons. The Bertz CT molecular complexity index is 740. The quantitative estimate of drug-likeness (QED) is 0.794. The van der Waals surface area contributed by atoms with Gasteiger partial charge in [0.1, 0.15) is 0 Å². The van der Waals surface area contributed by atoms with Crippen LogP contribution in [0.4, 0.5) is 0 Å². The number of aliphatic carboxylic acids is 1. The summed E-state index contributed by atoms with van der Waals surface area (Å²) in [6, 6.07) is 5.86. The summed E-state index contributed by atoms with van der Waals surface area (Å²) in [6.07, 6.45) is 4.04. The zero-order valence-corrected chi connectivity index (χ0v) is 15.6. The first-order valence-corrected chi connectivity index (χ1v) is 9.49. The number of benzene rings is 1. The molecule has 0 aromatic heterocycles. The molecular weight excluding hydrogens is 330 g/mol. The molecule has 2 aliphatic rings. The normalized spacial score (nSPS) is 21.9. The number of amides is 1. The number of nitrogens with zero attached hydrogens (tertiary/aromatic N) is 1. The number of hydrogen-bond donors (Lipinski definition) is 1. The van der Waals surface area contributed by atoms with Crippen LogP contribution in [0.2, 0.25) is 0 Å². The fourth-order valence-corrected chi connectivity index (χ4v) is 4.21. The summed E-state index contributed by atoms with van der Waals surface area (Å²) in [5.74, 6) is -1.01. The molecule has 1 aliphatic heterocycles. The van der Waals surface area contributed by atoms with E-state index in [1.807, 2.05) is 32.0 Å². The van der Waals surface area contributed by atoms with Crippen LogP contribution in [0.5, 0.6) is 0 Å². The Kier molecular flexibility index (Phi) is 5.17. The van der Waals surface area contributed by atoms with E-state index < -0.39 is 11.4 Å². The number of aryl methyl sites for hydroxylation is 2. The molecule has 5 nitrogen and oxygen atoms in total. The number of hydrogen-bond acceptors (Lipinski definition) is 3. The third-order valence-corrected chi connectivity index (χ3v) is 6.17. The van der Waals surface area contributed by atoms with Gasteiger partial charge in [-0.3, -0.25) is 14.4 Å². The van der Waals surface area contributed by atoms with Crippen molar-refractivity contribution in [1.82, 2.24) is 4.90 Å². The first kappa shape index (κ1) is 18.6. The average molecular weight is 357 g/mol. The monoisotopic (exact) mass is 357 g/mol. The highest BCUT2D eigenvalue weighted by Crippen LogP contribution is 2.38. The van der Waals surface area contributed by atoms with Gasteiger partial charge in [0, 0.05) is 31.5 Å². The van der Waals surface area contributed by atoms with Crippen LogP contribution < -0.4 is 0 Å². The first-order valence-electron chi connectivity index (χ1n) is 9.49. The Balaban J connectivity index is 1.57. The molecule has 1 saturated heterocycles. The van der Waals surface area contributed by atoms with Gasteiger partial charge in [0.2, 0.25) is 5.91 Å². The molecule has 1 fully saturated rings. The van der Waals surface area contributed by atoms with Crippen LogP contribution in [0, 0.1) is 11.3 Å². The third kappa shape index (κ3) is 3.39. The zero-order chi connectivity index (χ0) is 18.9. The van der Waals surface area contributed by atoms with Crippen LogP contribution in [0.1, 0.15) is 61.0 Å². The molecule has 1 aliphatic carbocycles. The van der Waals surface area contributed by atoms with Crippen molar-refractivity contribution in [2.24, 2.45) is 11.3 Å². The fourth-order valence-electron chi connectivity index (χ4n) is 4.21. The van der Waals surface area contributed by atoms with E-state index in [9.17, 15) is 19.5 Å². The topological polar surface area (TPSA) is 74.7 Å². The number of carbonyl (C=O) groups is 3. The van der Waals surface area contributed by atoms with E-state index in [2.05, 4.69) is 0 Å². The predicted molar refractivity (Wildman–Crippen MR) is 98.1 cm³/mol. The lowest BCUT2D eigenvalue weighted by molar-refractivity contribution is -0.151. The maximum Gasteiger partial charge on any atom is 0.311 e. The molecule has 1 unspecified atom stereocenters. The molecule has 5 heteroatoms. The number of Topliss-reactive ketones (excluding diaryl/α,β-unsaturated/α-hetero) is 1. The molecule has 1 aromatic carbocycles. The Labute approximate surface area is 154 Å². The maximum absolute atomic E-state index is 12.5. The number of carbonyl (C=O) groups excluding carboxylic acids is 2. The summed E-state index contributed by atoms with van der Waals surface area (Å²) in [7, 11) is 0. The summed E-state index contributed by atoms with van der Waals surface area (Å²) in [5.41, 5.74) is 2.40. The van der Waals surface area contributed by atoms with Crippen LogP contribution in [0.15, 0.2) is 18.2 Å². The van der Waals surface area contributed by atoms with Crippen molar-refractivity contribution in [1.29, 1.82) is 0 Å². The molecule has 0 radical (unpaired) electrons. The summed E-state index contributed by atoms with van der Waals surface area (Å²) in [6.45, 7) is 4.47. The minimum atomic E-state index is -0.861. The number of carboxylic acid groups (broad SMARTS) is 1. The summed E-state index contributed by atoms with van der Waals surface area (Å²) in [4.78, 5) is 38.2. The van der Waals surface area contributed by atoms with Gasteiger partial charge in [-0.25, -0.2) is 0 Å². The van der Waals surface area contributed by atoms with Crippen LogP contribution in [0.25, 0.3) is 0 Å². The smallest absolute Gasteiger partial charge is 0.311 e. The second-order valence-electron chi connectivity index (χ2n) is 7.94. The average Bonchev–Trinajstić information content (AvgIpc) is 3.26. The largest absolute Gasteiger partial charge is 0.481 e. The minimum absolute atomic E-state index is 0.0133. The number of fused-ring (bicyclic) bond motifs is 1. The highest BCUT2D eigenvalue weighted by molar-refractivity contribution is 5.98. The molecule has 1 amide bonds. The van der Waals surface area contributed by atoms with E-state index >= 15 is 0 Å². The van der Waals surface area contributed by atoms with E-state index in [1.165, 1.54) is 11.1 Å². The van der Waals surface area contributed by atoms with Crippen molar-refractivity contribution >= 4 is 17.7 Å². The van der Waals surface area contributed by atoms with Gasteiger partial charge in [0.15, 0.2) is 5.78 Å². The van der Waals surface area contributed by atoms with Crippen molar-refractivity contribution in [3.05, 3.63) is 34.9 Å². The van der Waals surface area contributed by atoms with Gasteiger partial charge in [0.05, 0.1) is 5.41 Å². The Morgan fingerprint density at radius 3 is 2.54 bits per heavy atom. The van der Waals surface area contributed by atoms with Crippen LogP contribution in [-0.4, -0.2) is 40.8 Å². The molecule has 0 bridgehead atoms.